The Labute approximate surface area is 301 Å². The molecule has 0 bridgehead atoms. The first-order chi connectivity index (χ1) is 25.0. The van der Waals surface area contributed by atoms with Crippen molar-refractivity contribution in [3.63, 3.8) is 0 Å². The van der Waals surface area contributed by atoms with Crippen LogP contribution in [0.25, 0.3) is 43.8 Å². The minimum atomic E-state index is -0.121. The van der Waals surface area contributed by atoms with Crippen molar-refractivity contribution in [1.29, 1.82) is 0 Å². The number of rotatable bonds is 8. The van der Waals surface area contributed by atoms with E-state index in [1.165, 1.54) is 77.4 Å². The molecule has 8 aromatic rings. The van der Waals surface area contributed by atoms with E-state index in [-0.39, 0.29) is 5.41 Å². The van der Waals surface area contributed by atoms with Crippen LogP contribution < -0.4 is 4.90 Å². The van der Waals surface area contributed by atoms with Crippen LogP contribution in [-0.2, 0) is 18.3 Å². The van der Waals surface area contributed by atoms with Crippen LogP contribution in [0.1, 0.15) is 42.5 Å². The second-order valence-corrected chi connectivity index (χ2v) is 14.5. The molecule has 8 aromatic carbocycles. The Kier molecular flexibility index (Phi) is 7.78. The summed E-state index contributed by atoms with van der Waals surface area (Å²) in [5.74, 6) is 0. The summed E-state index contributed by atoms with van der Waals surface area (Å²) in [6.07, 6.45) is 3.34. The van der Waals surface area contributed by atoms with Gasteiger partial charge in [-0.15, -0.1) is 0 Å². The molecule has 246 valence electrons. The van der Waals surface area contributed by atoms with E-state index < -0.39 is 0 Å². The van der Waals surface area contributed by atoms with Gasteiger partial charge in [0.05, 0.1) is 5.69 Å². The highest BCUT2D eigenvalue weighted by Gasteiger charge is 2.36. The first-order valence-electron chi connectivity index (χ1n) is 18.2. The van der Waals surface area contributed by atoms with E-state index in [0.717, 1.165) is 24.9 Å². The first kappa shape index (κ1) is 31.1. The van der Waals surface area contributed by atoms with Crippen molar-refractivity contribution >= 4 is 38.6 Å². The molecule has 0 radical (unpaired) electrons. The van der Waals surface area contributed by atoms with Gasteiger partial charge in [-0.05, 0) is 110 Å². The molecule has 0 N–H and O–H groups in total. The van der Waals surface area contributed by atoms with E-state index in [4.69, 9.17) is 0 Å². The molecule has 0 saturated carbocycles. The van der Waals surface area contributed by atoms with E-state index in [0.29, 0.717) is 0 Å². The quantitative estimate of drug-likeness (QED) is 0.147. The van der Waals surface area contributed by atoms with Crippen LogP contribution in [-0.4, -0.2) is 0 Å². The molecule has 0 fully saturated rings. The molecule has 1 aliphatic rings. The van der Waals surface area contributed by atoms with Crippen molar-refractivity contribution in [2.75, 3.05) is 4.90 Å². The maximum atomic E-state index is 2.48. The minimum absolute atomic E-state index is 0.121. The van der Waals surface area contributed by atoms with Gasteiger partial charge in [-0.2, -0.15) is 0 Å². The van der Waals surface area contributed by atoms with Crippen LogP contribution in [0.5, 0.6) is 0 Å². The van der Waals surface area contributed by atoms with Crippen LogP contribution in [0, 0.1) is 0 Å². The van der Waals surface area contributed by atoms with Crippen molar-refractivity contribution in [2.45, 2.75) is 38.5 Å². The minimum Gasteiger partial charge on any atom is -0.310 e. The fourth-order valence-corrected chi connectivity index (χ4v) is 8.29. The van der Waals surface area contributed by atoms with E-state index >= 15 is 0 Å². The van der Waals surface area contributed by atoms with Gasteiger partial charge >= 0.3 is 0 Å². The molecule has 0 aliphatic heterocycles. The predicted octanol–water partition coefficient (Wildman–Crippen LogP) is 13.6. The smallest absolute Gasteiger partial charge is 0.0546 e. The van der Waals surface area contributed by atoms with Gasteiger partial charge in [0.25, 0.3) is 0 Å². The molecular weight excluding hydrogens is 615 g/mol. The van der Waals surface area contributed by atoms with Crippen molar-refractivity contribution in [1.82, 2.24) is 0 Å². The van der Waals surface area contributed by atoms with Crippen LogP contribution in [0.3, 0.4) is 0 Å². The lowest BCUT2D eigenvalue weighted by molar-refractivity contribution is 0.658. The zero-order chi connectivity index (χ0) is 34.4. The van der Waals surface area contributed by atoms with Crippen molar-refractivity contribution in [3.05, 3.63) is 198 Å². The third-order valence-corrected chi connectivity index (χ3v) is 11.0. The van der Waals surface area contributed by atoms with Gasteiger partial charge in [0.15, 0.2) is 0 Å². The van der Waals surface area contributed by atoms with Gasteiger partial charge in [0, 0.05) is 22.2 Å². The summed E-state index contributed by atoms with van der Waals surface area (Å²) < 4.78 is 0. The molecule has 1 aliphatic carbocycles. The topological polar surface area (TPSA) is 3.24 Å². The van der Waals surface area contributed by atoms with Gasteiger partial charge in [0.2, 0.25) is 0 Å². The Morgan fingerprint density at radius 3 is 1.76 bits per heavy atom. The molecule has 0 unspecified atom stereocenters. The van der Waals surface area contributed by atoms with Crippen molar-refractivity contribution < 1.29 is 0 Å². The fraction of sp³-hybridized carbons (Fsp3) is 0.120. The van der Waals surface area contributed by atoms with Gasteiger partial charge in [-0.3, -0.25) is 0 Å². The molecule has 0 atom stereocenters. The molecule has 1 heteroatoms. The molecule has 0 spiro atoms. The van der Waals surface area contributed by atoms with E-state index in [2.05, 4.69) is 195 Å². The number of aryl methyl sites for hydroxylation is 2. The molecule has 1 nitrogen and oxygen atoms in total. The summed E-state index contributed by atoms with van der Waals surface area (Å²) in [5.41, 5.74) is 14.2. The summed E-state index contributed by atoms with van der Waals surface area (Å²) >= 11 is 0. The number of fused-ring (bicyclic) bond motifs is 6. The van der Waals surface area contributed by atoms with E-state index in [1.807, 2.05) is 0 Å². The standard InChI is InChI=1S/C50H41N/c1-50(2)47-32-36(17-13-16-35-14-5-3-6-15-35)24-30-44(47)45-31-29-41(34-48(45)50)51(40-27-25-38(26-28-40)37-18-7-4-8-19-37)49-33-39-20-9-10-21-42(39)43-22-11-12-23-46(43)49/h3-12,14-15,18-34H,13,16-17H2,1-2H3. The average molecular weight is 656 g/mol. The van der Waals surface area contributed by atoms with Crippen LogP contribution in [0.4, 0.5) is 17.1 Å². The molecular formula is C50H41N. The zero-order valence-corrected chi connectivity index (χ0v) is 29.3. The maximum Gasteiger partial charge on any atom is 0.0546 e. The van der Waals surface area contributed by atoms with E-state index in [9.17, 15) is 0 Å². The molecule has 0 amide bonds. The summed E-state index contributed by atoms with van der Waals surface area (Å²) in [6, 6.07) is 64.9. The molecule has 51 heavy (non-hydrogen) atoms. The first-order valence-corrected chi connectivity index (χ1v) is 18.2. The summed E-state index contributed by atoms with van der Waals surface area (Å²) in [6.45, 7) is 4.80. The lowest BCUT2D eigenvalue weighted by atomic mass is 9.81. The third-order valence-electron chi connectivity index (χ3n) is 11.0. The van der Waals surface area contributed by atoms with E-state index in [1.54, 1.807) is 0 Å². The molecule has 0 heterocycles. The normalized spacial score (nSPS) is 12.9. The second-order valence-electron chi connectivity index (χ2n) is 14.5. The zero-order valence-electron chi connectivity index (χ0n) is 29.3. The Balaban J connectivity index is 1.14. The lowest BCUT2D eigenvalue weighted by Crippen LogP contribution is -2.17. The van der Waals surface area contributed by atoms with Gasteiger partial charge in [-0.1, -0.05) is 159 Å². The Bertz CT molecular complexity index is 2510. The van der Waals surface area contributed by atoms with Crippen LogP contribution >= 0.6 is 0 Å². The van der Waals surface area contributed by atoms with Crippen LogP contribution in [0.15, 0.2) is 176 Å². The van der Waals surface area contributed by atoms with Crippen molar-refractivity contribution in [3.8, 4) is 22.3 Å². The Morgan fingerprint density at radius 2 is 1.00 bits per heavy atom. The summed E-state index contributed by atoms with van der Waals surface area (Å²) in [4.78, 5) is 2.47. The van der Waals surface area contributed by atoms with Gasteiger partial charge in [-0.25, -0.2) is 0 Å². The number of nitrogens with zero attached hydrogens (tertiary/aromatic N) is 1. The largest absolute Gasteiger partial charge is 0.310 e. The van der Waals surface area contributed by atoms with Gasteiger partial charge in [0.1, 0.15) is 0 Å². The van der Waals surface area contributed by atoms with Crippen molar-refractivity contribution in [2.24, 2.45) is 0 Å². The third kappa shape index (κ3) is 5.60. The average Bonchev–Trinajstić information content (AvgIpc) is 3.41. The summed E-state index contributed by atoms with van der Waals surface area (Å²) in [5, 5.41) is 5.03. The SMILES string of the molecule is CC1(C)c2cc(CCCc3ccccc3)ccc2-c2ccc(N(c3ccc(-c4ccccc4)cc3)c3cc4ccccc4c4ccccc34)cc21. The number of benzene rings is 8. The second kappa shape index (κ2) is 12.8. The highest BCUT2D eigenvalue weighted by molar-refractivity contribution is 6.14. The lowest BCUT2D eigenvalue weighted by Gasteiger charge is -2.29. The molecule has 0 aromatic heterocycles. The maximum absolute atomic E-state index is 2.48. The monoisotopic (exact) mass is 655 g/mol. The highest BCUT2D eigenvalue weighted by atomic mass is 15.1. The predicted molar refractivity (Wildman–Crippen MR) is 218 cm³/mol. The Hall–Kier alpha value is -5.92. The summed E-state index contributed by atoms with van der Waals surface area (Å²) in [7, 11) is 0. The molecule has 9 rings (SSSR count). The highest BCUT2D eigenvalue weighted by Crippen LogP contribution is 2.51. The Morgan fingerprint density at radius 1 is 0.431 bits per heavy atom. The molecule has 0 saturated heterocycles. The number of anilines is 3. The fourth-order valence-electron chi connectivity index (χ4n) is 8.29. The number of hydrogen-bond acceptors (Lipinski definition) is 1. The van der Waals surface area contributed by atoms with Gasteiger partial charge < -0.3 is 4.90 Å². The number of hydrogen-bond donors (Lipinski definition) is 0. The van der Waals surface area contributed by atoms with Crippen LogP contribution in [0.2, 0.25) is 0 Å².